The Balaban J connectivity index is 1.60. The predicted octanol–water partition coefficient (Wildman–Crippen LogP) is 2.70. The van der Waals surface area contributed by atoms with Crippen LogP contribution in [0.15, 0.2) is 36.8 Å². The fraction of sp³-hybridized carbons (Fsp3) is 0.188. The molecule has 2 aromatic heterocycles. The summed E-state index contributed by atoms with van der Waals surface area (Å²) in [5.74, 6) is 1.20. The van der Waals surface area contributed by atoms with Crippen LogP contribution in [-0.4, -0.2) is 42.1 Å². The molecule has 126 valence electrons. The number of aromatic nitrogens is 5. The summed E-state index contributed by atoms with van der Waals surface area (Å²) in [6.45, 7) is 1.45. The minimum atomic E-state index is -0.156. The normalized spacial score (nSPS) is 13.6. The molecule has 0 aliphatic carbocycles. The Morgan fingerprint density at radius 1 is 1.12 bits per heavy atom. The number of carbonyl (C=O) groups is 1. The zero-order valence-corrected chi connectivity index (χ0v) is 14.4. The summed E-state index contributed by atoms with van der Waals surface area (Å²) < 4.78 is 1.96. The number of amides is 1. The molecule has 1 aromatic carbocycles. The molecule has 1 aliphatic rings. The number of rotatable bonds is 2. The van der Waals surface area contributed by atoms with Gasteiger partial charge in [-0.2, -0.15) is 0 Å². The summed E-state index contributed by atoms with van der Waals surface area (Å²) in [5.41, 5.74) is 1.08. The lowest BCUT2D eigenvalue weighted by Gasteiger charge is -2.28. The molecule has 3 aromatic rings. The molecule has 4 rings (SSSR count). The average molecular weight is 375 g/mol. The highest BCUT2D eigenvalue weighted by molar-refractivity contribution is 6.36. The average Bonchev–Trinajstić information content (AvgIpc) is 3.05. The first-order valence-corrected chi connectivity index (χ1v) is 8.32. The number of nitrogens with zero attached hydrogens (tertiary/aromatic N) is 6. The maximum absolute atomic E-state index is 12.7. The van der Waals surface area contributed by atoms with Gasteiger partial charge in [0.05, 0.1) is 23.3 Å². The van der Waals surface area contributed by atoms with Gasteiger partial charge in [0, 0.05) is 30.5 Å². The summed E-state index contributed by atoms with van der Waals surface area (Å²) in [6, 6.07) is 4.85. The monoisotopic (exact) mass is 374 g/mol. The third kappa shape index (κ3) is 2.96. The van der Waals surface area contributed by atoms with Gasteiger partial charge in [-0.25, -0.2) is 4.98 Å². The first kappa shape index (κ1) is 16.0. The zero-order chi connectivity index (χ0) is 17.4. The third-order valence-corrected chi connectivity index (χ3v) is 4.54. The van der Waals surface area contributed by atoms with Gasteiger partial charge in [0.25, 0.3) is 5.91 Å². The van der Waals surface area contributed by atoms with Crippen molar-refractivity contribution < 1.29 is 4.79 Å². The number of benzene rings is 1. The van der Waals surface area contributed by atoms with Gasteiger partial charge < -0.3 is 9.47 Å². The molecular formula is C16H12Cl2N6O. The van der Waals surface area contributed by atoms with Crippen molar-refractivity contribution in [3.05, 3.63) is 58.2 Å². The van der Waals surface area contributed by atoms with Gasteiger partial charge in [0.15, 0.2) is 11.6 Å². The fourth-order valence-corrected chi connectivity index (χ4v) is 3.26. The van der Waals surface area contributed by atoms with E-state index in [9.17, 15) is 4.79 Å². The Labute approximate surface area is 153 Å². The molecule has 0 N–H and O–H groups in total. The van der Waals surface area contributed by atoms with E-state index in [1.54, 1.807) is 41.7 Å². The van der Waals surface area contributed by atoms with E-state index in [1.807, 2.05) is 4.57 Å². The number of hydrogen-bond acceptors (Lipinski definition) is 5. The number of carbonyl (C=O) groups excluding carboxylic acids is 1. The molecule has 3 heterocycles. The van der Waals surface area contributed by atoms with E-state index >= 15 is 0 Å². The zero-order valence-electron chi connectivity index (χ0n) is 12.9. The van der Waals surface area contributed by atoms with Crippen molar-refractivity contribution in [2.75, 3.05) is 6.54 Å². The molecule has 0 bridgehead atoms. The van der Waals surface area contributed by atoms with Crippen LogP contribution in [0.2, 0.25) is 10.0 Å². The van der Waals surface area contributed by atoms with E-state index in [0.717, 1.165) is 0 Å². The second-order valence-electron chi connectivity index (χ2n) is 5.53. The Morgan fingerprint density at radius 3 is 2.76 bits per heavy atom. The summed E-state index contributed by atoms with van der Waals surface area (Å²) in [6.07, 6.45) is 4.85. The lowest BCUT2D eigenvalue weighted by Crippen LogP contribution is -2.38. The molecule has 0 atom stereocenters. The topological polar surface area (TPSA) is 76.8 Å². The highest BCUT2D eigenvalue weighted by Gasteiger charge is 2.27. The Hall–Kier alpha value is -2.51. The molecule has 9 heteroatoms. The summed E-state index contributed by atoms with van der Waals surface area (Å²) in [5, 5.41) is 9.22. The SMILES string of the molecule is O=C(c1ccc(Cl)cc1Cl)N1CCn2c(nnc2-c2cnccn2)C1. The smallest absolute Gasteiger partial charge is 0.255 e. The summed E-state index contributed by atoms with van der Waals surface area (Å²) in [4.78, 5) is 22.7. The van der Waals surface area contributed by atoms with Crippen LogP contribution in [0, 0.1) is 0 Å². The standard InChI is InChI=1S/C16H12Cl2N6O/c17-10-1-2-11(12(18)7-10)16(25)23-5-6-24-14(9-23)21-22-15(24)13-8-19-3-4-20-13/h1-4,7-8H,5-6,9H2. The van der Waals surface area contributed by atoms with Crippen molar-refractivity contribution >= 4 is 29.1 Å². The maximum atomic E-state index is 12.7. The number of halogens is 2. The van der Waals surface area contributed by atoms with E-state index in [-0.39, 0.29) is 5.91 Å². The van der Waals surface area contributed by atoms with Crippen molar-refractivity contribution in [2.45, 2.75) is 13.1 Å². The summed E-state index contributed by atoms with van der Waals surface area (Å²) in [7, 11) is 0. The first-order chi connectivity index (χ1) is 12.1. The van der Waals surface area contributed by atoms with Gasteiger partial charge in [-0.05, 0) is 18.2 Å². The minimum absolute atomic E-state index is 0.156. The third-order valence-electron chi connectivity index (χ3n) is 3.99. The van der Waals surface area contributed by atoms with Gasteiger partial charge in [0.2, 0.25) is 0 Å². The molecule has 0 saturated carbocycles. The quantitative estimate of drug-likeness (QED) is 0.688. The van der Waals surface area contributed by atoms with Crippen LogP contribution >= 0.6 is 23.2 Å². The van der Waals surface area contributed by atoms with Crippen LogP contribution in [0.3, 0.4) is 0 Å². The first-order valence-electron chi connectivity index (χ1n) is 7.56. The molecule has 7 nitrogen and oxygen atoms in total. The molecule has 0 fully saturated rings. The lowest BCUT2D eigenvalue weighted by molar-refractivity contribution is 0.0708. The van der Waals surface area contributed by atoms with Crippen molar-refractivity contribution in [1.29, 1.82) is 0 Å². The van der Waals surface area contributed by atoms with E-state index in [1.165, 1.54) is 0 Å². The van der Waals surface area contributed by atoms with Gasteiger partial charge in [-0.3, -0.25) is 9.78 Å². The number of fused-ring (bicyclic) bond motifs is 1. The molecule has 1 amide bonds. The van der Waals surface area contributed by atoms with Crippen LogP contribution in [0.1, 0.15) is 16.2 Å². The van der Waals surface area contributed by atoms with Crippen LogP contribution in [-0.2, 0) is 13.1 Å². The van der Waals surface area contributed by atoms with Crippen molar-refractivity contribution in [3.8, 4) is 11.5 Å². The van der Waals surface area contributed by atoms with Crippen LogP contribution in [0.5, 0.6) is 0 Å². The van der Waals surface area contributed by atoms with Gasteiger partial charge in [-0.15, -0.1) is 10.2 Å². The van der Waals surface area contributed by atoms with E-state index in [2.05, 4.69) is 20.2 Å². The lowest BCUT2D eigenvalue weighted by atomic mass is 10.2. The van der Waals surface area contributed by atoms with Crippen molar-refractivity contribution in [2.24, 2.45) is 0 Å². The van der Waals surface area contributed by atoms with Crippen LogP contribution in [0.25, 0.3) is 11.5 Å². The second kappa shape index (κ2) is 6.42. The van der Waals surface area contributed by atoms with E-state index in [0.29, 0.717) is 52.6 Å². The largest absolute Gasteiger partial charge is 0.329 e. The maximum Gasteiger partial charge on any atom is 0.255 e. The molecule has 1 aliphatic heterocycles. The van der Waals surface area contributed by atoms with Crippen molar-refractivity contribution in [1.82, 2.24) is 29.6 Å². The van der Waals surface area contributed by atoms with Gasteiger partial charge in [-0.1, -0.05) is 23.2 Å². The second-order valence-corrected chi connectivity index (χ2v) is 6.38. The Morgan fingerprint density at radius 2 is 2.00 bits per heavy atom. The molecule has 25 heavy (non-hydrogen) atoms. The van der Waals surface area contributed by atoms with E-state index < -0.39 is 0 Å². The highest BCUT2D eigenvalue weighted by Crippen LogP contribution is 2.25. The van der Waals surface area contributed by atoms with Crippen LogP contribution in [0.4, 0.5) is 0 Å². The molecular weight excluding hydrogens is 363 g/mol. The Bertz CT molecular complexity index is 943. The highest BCUT2D eigenvalue weighted by atomic mass is 35.5. The van der Waals surface area contributed by atoms with E-state index in [4.69, 9.17) is 23.2 Å². The fourth-order valence-electron chi connectivity index (χ4n) is 2.77. The molecule has 0 spiro atoms. The number of hydrogen-bond donors (Lipinski definition) is 0. The molecule has 0 unspecified atom stereocenters. The predicted molar refractivity (Wildman–Crippen MR) is 92.3 cm³/mol. The minimum Gasteiger partial charge on any atom is -0.329 e. The van der Waals surface area contributed by atoms with Crippen molar-refractivity contribution in [3.63, 3.8) is 0 Å². The molecule has 0 radical (unpaired) electrons. The molecule has 0 saturated heterocycles. The Kier molecular flexibility index (Phi) is 4.10. The van der Waals surface area contributed by atoms with Gasteiger partial charge >= 0.3 is 0 Å². The summed E-state index contributed by atoms with van der Waals surface area (Å²) >= 11 is 12.0. The van der Waals surface area contributed by atoms with Crippen LogP contribution < -0.4 is 0 Å². The van der Waals surface area contributed by atoms with Gasteiger partial charge in [0.1, 0.15) is 5.69 Å².